The Morgan fingerprint density at radius 1 is 1.18 bits per heavy atom. The van der Waals surface area contributed by atoms with Gasteiger partial charge in [-0.1, -0.05) is 18.2 Å². The number of aromatic nitrogens is 1. The summed E-state index contributed by atoms with van der Waals surface area (Å²) >= 11 is 1.30. The van der Waals surface area contributed by atoms with Crippen LogP contribution < -0.4 is 14.8 Å². The SMILES string of the molecule is COc1ccccc1CCNC(=O)c1sc(COc2ccc(F)cc2)nc1C. The maximum Gasteiger partial charge on any atom is 0.263 e. The normalized spacial score (nSPS) is 10.5. The topological polar surface area (TPSA) is 60.5 Å². The number of hydrogen-bond donors (Lipinski definition) is 1. The van der Waals surface area contributed by atoms with Crippen LogP contribution in [-0.2, 0) is 13.0 Å². The Balaban J connectivity index is 1.54. The molecule has 0 saturated carbocycles. The number of nitrogens with one attached hydrogen (secondary N) is 1. The summed E-state index contributed by atoms with van der Waals surface area (Å²) in [7, 11) is 1.63. The van der Waals surface area contributed by atoms with Gasteiger partial charge in [0.05, 0.1) is 12.8 Å². The first-order valence-corrected chi connectivity index (χ1v) is 9.63. The van der Waals surface area contributed by atoms with Gasteiger partial charge in [-0.25, -0.2) is 9.37 Å². The van der Waals surface area contributed by atoms with Crippen molar-refractivity contribution in [1.82, 2.24) is 10.3 Å². The third-order valence-corrected chi connectivity index (χ3v) is 5.23. The van der Waals surface area contributed by atoms with E-state index >= 15 is 0 Å². The minimum Gasteiger partial charge on any atom is -0.496 e. The van der Waals surface area contributed by atoms with Crippen molar-refractivity contribution in [2.45, 2.75) is 20.0 Å². The van der Waals surface area contributed by atoms with Crippen LogP contribution in [0.4, 0.5) is 4.39 Å². The van der Waals surface area contributed by atoms with E-state index in [1.54, 1.807) is 26.2 Å². The van der Waals surface area contributed by atoms with Crippen molar-refractivity contribution in [3.05, 3.63) is 75.5 Å². The van der Waals surface area contributed by atoms with E-state index in [1.165, 1.54) is 23.5 Å². The number of carbonyl (C=O) groups excluding carboxylic acids is 1. The molecule has 3 aromatic rings. The second kappa shape index (κ2) is 9.32. The number of ether oxygens (including phenoxy) is 2. The Morgan fingerprint density at radius 2 is 1.93 bits per heavy atom. The maximum atomic E-state index is 12.9. The number of halogens is 1. The van der Waals surface area contributed by atoms with E-state index in [-0.39, 0.29) is 18.3 Å². The van der Waals surface area contributed by atoms with E-state index in [0.29, 0.717) is 34.3 Å². The van der Waals surface area contributed by atoms with Crippen molar-refractivity contribution in [1.29, 1.82) is 0 Å². The van der Waals surface area contributed by atoms with E-state index < -0.39 is 0 Å². The third kappa shape index (κ3) is 5.07. The highest BCUT2D eigenvalue weighted by atomic mass is 32.1. The molecule has 28 heavy (non-hydrogen) atoms. The quantitative estimate of drug-likeness (QED) is 0.617. The lowest BCUT2D eigenvalue weighted by molar-refractivity contribution is 0.0957. The van der Waals surface area contributed by atoms with Crippen molar-refractivity contribution in [3.63, 3.8) is 0 Å². The average molecular weight is 400 g/mol. The molecule has 0 fully saturated rings. The number of benzene rings is 2. The molecule has 1 N–H and O–H groups in total. The number of methoxy groups -OCH3 is 1. The van der Waals surface area contributed by atoms with E-state index in [0.717, 1.165) is 11.3 Å². The van der Waals surface area contributed by atoms with Crippen molar-refractivity contribution >= 4 is 17.2 Å². The molecule has 5 nitrogen and oxygen atoms in total. The number of thiazole rings is 1. The largest absolute Gasteiger partial charge is 0.496 e. The van der Waals surface area contributed by atoms with Gasteiger partial charge >= 0.3 is 0 Å². The summed E-state index contributed by atoms with van der Waals surface area (Å²) in [6, 6.07) is 13.5. The Labute approximate surface area is 167 Å². The highest BCUT2D eigenvalue weighted by Gasteiger charge is 2.15. The van der Waals surface area contributed by atoms with Crippen molar-refractivity contribution in [2.75, 3.05) is 13.7 Å². The molecule has 0 aliphatic carbocycles. The van der Waals surface area contributed by atoms with Gasteiger partial charge in [0.2, 0.25) is 0 Å². The van der Waals surface area contributed by atoms with Crippen molar-refractivity contribution in [2.24, 2.45) is 0 Å². The zero-order valence-electron chi connectivity index (χ0n) is 15.7. The molecule has 1 amide bonds. The molecular formula is C21H21FN2O3S. The number of amides is 1. The summed E-state index contributed by atoms with van der Waals surface area (Å²) in [5.41, 5.74) is 1.71. The number of hydrogen-bond acceptors (Lipinski definition) is 5. The lowest BCUT2D eigenvalue weighted by Gasteiger charge is -2.08. The molecule has 0 aliphatic rings. The lowest BCUT2D eigenvalue weighted by atomic mass is 10.1. The Kier molecular flexibility index (Phi) is 6.60. The molecule has 0 atom stereocenters. The van der Waals surface area contributed by atoms with Gasteiger partial charge in [-0.05, 0) is 49.2 Å². The summed E-state index contributed by atoms with van der Waals surface area (Å²) < 4.78 is 23.9. The zero-order chi connectivity index (χ0) is 19.9. The molecule has 146 valence electrons. The number of rotatable bonds is 8. The lowest BCUT2D eigenvalue weighted by Crippen LogP contribution is -2.25. The standard InChI is InChI=1S/C21H21FN2O3S/c1-14-20(21(25)23-12-11-15-5-3-4-6-18(15)26-2)28-19(24-14)13-27-17-9-7-16(22)8-10-17/h3-10H,11-13H2,1-2H3,(H,23,25). The summed E-state index contributed by atoms with van der Waals surface area (Å²) in [5, 5.41) is 3.62. The molecule has 1 heterocycles. The first kappa shape index (κ1) is 19.8. The molecule has 2 aromatic carbocycles. The Morgan fingerprint density at radius 3 is 2.68 bits per heavy atom. The van der Waals surface area contributed by atoms with Crippen LogP contribution in [0.1, 0.15) is 25.9 Å². The van der Waals surface area contributed by atoms with Crippen LogP contribution in [0, 0.1) is 12.7 Å². The van der Waals surface area contributed by atoms with Gasteiger partial charge in [-0.3, -0.25) is 4.79 Å². The molecule has 0 saturated heterocycles. The molecule has 0 radical (unpaired) electrons. The van der Waals surface area contributed by atoms with Gasteiger partial charge in [0, 0.05) is 6.54 Å². The first-order valence-electron chi connectivity index (χ1n) is 8.81. The predicted molar refractivity (Wildman–Crippen MR) is 107 cm³/mol. The monoisotopic (exact) mass is 400 g/mol. The first-order chi connectivity index (χ1) is 13.6. The minimum absolute atomic E-state index is 0.155. The van der Waals surface area contributed by atoms with Gasteiger partial charge < -0.3 is 14.8 Å². The second-order valence-electron chi connectivity index (χ2n) is 6.08. The van der Waals surface area contributed by atoms with E-state index in [4.69, 9.17) is 9.47 Å². The van der Waals surface area contributed by atoms with Crippen molar-refractivity contribution in [3.8, 4) is 11.5 Å². The van der Waals surface area contributed by atoms with Gasteiger partial charge in [0.25, 0.3) is 5.91 Å². The molecule has 0 bridgehead atoms. The summed E-state index contributed by atoms with van der Waals surface area (Å²) in [6.07, 6.45) is 0.675. The fraction of sp³-hybridized carbons (Fsp3) is 0.238. The fourth-order valence-electron chi connectivity index (χ4n) is 2.70. The van der Waals surface area contributed by atoms with Crippen LogP contribution >= 0.6 is 11.3 Å². The van der Waals surface area contributed by atoms with Crippen LogP contribution in [0.5, 0.6) is 11.5 Å². The van der Waals surface area contributed by atoms with Crippen molar-refractivity contribution < 1.29 is 18.7 Å². The van der Waals surface area contributed by atoms with Crippen LogP contribution in [0.2, 0.25) is 0 Å². The van der Waals surface area contributed by atoms with E-state index in [1.807, 2.05) is 24.3 Å². The summed E-state index contributed by atoms with van der Waals surface area (Å²) in [5.74, 6) is 0.894. The second-order valence-corrected chi connectivity index (χ2v) is 7.17. The molecular weight excluding hydrogens is 379 g/mol. The molecule has 0 spiro atoms. The average Bonchev–Trinajstić information content (AvgIpc) is 3.08. The highest BCUT2D eigenvalue weighted by molar-refractivity contribution is 7.13. The number of nitrogens with zero attached hydrogens (tertiary/aromatic N) is 1. The molecule has 0 aliphatic heterocycles. The third-order valence-electron chi connectivity index (χ3n) is 4.10. The fourth-order valence-corrected chi connectivity index (χ4v) is 3.60. The summed E-state index contributed by atoms with van der Waals surface area (Å²) in [4.78, 5) is 17.4. The summed E-state index contributed by atoms with van der Waals surface area (Å²) in [6.45, 7) is 2.52. The predicted octanol–water partition coefficient (Wildman–Crippen LogP) is 4.15. The van der Waals surface area contributed by atoms with Gasteiger partial charge in [-0.15, -0.1) is 11.3 Å². The van der Waals surface area contributed by atoms with Crippen LogP contribution in [0.3, 0.4) is 0 Å². The minimum atomic E-state index is -0.315. The van der Waals surface area contributed by atoms with Gasteiger partial charge in [-0.2, -0.15) is 0 Å². The Hall–Kier alpha value is -2.93. The maximum absolute atomic E-state index is 12.9. The zero-order valence-corrected chi connectivity index (χ0v) is 16.5. The van der Waals surface area contributed by atoms with Crippen LogP contribution in [-0.4, -0.2) is 24.5 Å². The number of para-hydroxylation sites is 1. The van der Waals surface area contributed by atoms with E-state index in [2.05, 4.69) is 10.3 Å². The van der Waals surface area contributed by atoms with Crippen LogP contribution in [0.25, 0.3) is 0 Å². The number of carbonyl (C=O) groups is 1. The Bertz CT molecular complexity index is 941. The van der Waals surface area contributed by atoms with Gasteiger partial charge in [0.1, 0.15) is 33.8 Å². The van der Waals surface area contributed by atoms with Gasteiger partial charge in [0.15, 0.2) is 0 Å². The molecule has 3 rings (SSSR count). The molecule has 7 heteroatoms. The van der Waals surface area contributed by atoms with Crippen LogP contribution in [0.15, 0.2) is 48.5 Å². The highest BCUT2D eigenvalue weighted by Crippen LogP contribution is 2.21. The smallest absolute Gasteiger partial charge is 0.263 e. The molecule has 1 aromatic heterocycles. The molecule has 0 unspecified atom stereocenters. The van der Waals surface area contributed by atoms with E-state index in [9.17, 15) is 9.18 Å². The number of aryl methyl sites for hydroxylation is 1.